The Morgan fingerprint density at radius 3 is 3.00 bits per heavy atom. The summed E-state index contributed by atoms with van der Waals surface area (Å²) in [5.74, 6) is 0. The van der Waals surface area contributed by atoms with Crippen LogP contribution < -0.4 is 4.72 Å². The molecule has 1 aliphatic heterocycles. The van der Waals surface area contributed by atoms with Crippen LogP contribution in [-0.2, 0) is 23.0 Å². The number of benzene rings is 2. The fraction of sp³-hybridized carbons (Fsp3) is 0.222. The molecule has 138 valence electrons. The number of fused-ring (bicyclic) bond motifs is 4. The van der Waals surface area contributed by atoms with Gasteiger partial charge in [0.25, 0.3) is 10.0 Å². The van der Waals surface area contributed by atoms with Crippen LogP contribution >= 0.6 is 11.7 Å². The minimum Gasteiger partial charge on any atom is -0.357 e. The van der Waals surface area contributed by atoms with Crippen molar-refractivity contribution in [2.24, 2.45) is 0 Å². The quantitative estimate of drug-likeness (QED) is 0.553. The third kappa shape index (κ3) is 2.78. The third-order valence-corrected chi connectivity index (χ3v) is 6.91. The highest BCUT2D eigenvalue weighted by atomic mass is 32.2. The Morgan fingerprint density at radius 1 is 1.22 bits per heavy atom. The second-order valence-electron chi connectivity index (χ2n) is 6.82. The summed E-state index contributed by atoms with van der Waals surface area (Å²) in [6, 6.07) is 10.6. The van der Waals surface area contributed by atoms with Crippen molar-refractivity contribution in [1.82, 2.24) is 18.6 Å². The van der Waals surface area contributed by atoms with E-state index in [9.17, 15) is 8.42 Å². The zero-order chi connectivity index (χ0) is 18.6. The highest BCUT2D eigenvalue weighted by Crippen LogP contribution is 2.30. The van der Waals surface area contributed by atoms with E-state index in [-0.39, 0.29) is 4.90 Å². The number of H-pyrrole nitrogens is 1. The summed E-state index contributed by atoms with van der Waals surface area (Å²) in [5.41, 5.74) is 5.04. The lowest BCUT2D eigenvalue weighted by Gasteiger charge is -2.22. The van der Waals surface area contributed by atoms with Crippen molar-refractivity contribution < 1.29 is 8.42 Å². The zero-order valence-electron chi connectivity index (χ0n) is 14.6. The van der Waals surface area contributed by atoms with Gasteiger partial charge >= 0.3 is 0 Å². The maximum absolute atomic E-state index is 12.9. The van der Waals surface area contributed by atoms with E-state index in [0.717, 1.165) is 42.1 Å². The number of hydrogen-bond acceptors (Lipinski definition) is 6. The van der Waals surface area contributed by atoms with Gasteiger partial charge in [-0.05, 0) is 49.4 Å². The first-order chi connectivity index (χ1) is 13.0. The molecule has 9 heteroatoms. The van der Waals surface area contributed by atoms with Crippen LogP contribution in [0.4, 0.5) is 5.69 Å². The van der Waals surface area contributed by atoms with Crippen LogP contribution in [0.5, 0.6) is 0 Å². The predicted octanol–water partition coefficient (Wildman–Crippen LogP) is 2.96. The first-order valence-corrected chi connectivity index (χ1v) is 10.8. The van der Waals surface area contributed by atoms with Gasteiger partial charge in [-0.3, -0.25) is 4.72 Å². The topological polar surface area (TPSA) is 91.0 Å². The van der Waals surface area contributed by atoms with Crippen molar-refractivity contribution in [2.75, 3.05) is 18.3 Å². The van der Waals surface area contributed by atoms with Crippen molar-refractivity contribution in [2.45, 2.75) is 17.9 Å². The molecule has 1 aliphatic rings. The summed E-state index contributed by atoms with van der Waals surface area (Å²) in [7, 11) is -1.66. The first-order valence-electron chi connectivity index (χ1n) is 8.57. The lowest BCUT2D eigenvalue weighted by atomic mass is 10.0. The molecule has 0 aliphatic carbocycles. The maximum Gasteiger partial charge on any atom is 0.264 e. The zero-order valence-corrected chi connectivity index (χ0v) is 16.2. The van der Waals surface area contributed by atoms with Crippen LogP contribution in [0, 0.1) is 0 Å². The van der Waals surface area contributed by atoms with Gasteiger partial charge in [-0.15, -0.1) is 0 Å². The number of rotatable bonds is 3. The first kappa shape index (κ1) is 16.7. The standard InChI is InChI=1S/C18H17N5O2S2/c1-23-8-7-12-13-9-11(5-6-14(13)19-16(12)10-23)22-27(24,25)17-4-2-3-15-18(17)21-26-20-15/h2-6,9,19,22H,7-8,10H2,1H3. The van der Waals surface area contributed by atoms with Gasteiger partial charge in [0.2, 0.25) is 0 Å². The predicted molar refractivity (Wildman–Crippen MR) is 107 cm³/mol. The van der Waals surface area contributed by atoms with Gasteiger partial charge < -0.3 is 9.88 Å². The molecule has 0 fully saturated rings. The molecule has 0 spiro atoms. The van der Waals surface area contributed by atoms with Gasteiger partial charge in [0.1, 0.15) is 15.9 Å². The second-order valence-corrected chi connectivity index (χ2v) is 9.00. The highest BCUT2D eigenvalue weighted by molar-refractivity contribution is 7.93. The minimum absolute atomic E-state index is 0.145. The molecular formula is C18H17N5O2S2. The molecule has 3 heterocycles. The average molecular weight is 400 g/mol. The van der Waals surface area contributed by atoms with Crippen molar-refractivity contribution in [3.63, 3.8) is 0 Å². The number of nitrogens with zero attached hydrogens (tertiary/aromatic N) is 3. The van der Waals surface area contributed by atoms with Crippen LogP contribution in [0.15, 0.2) is 41.3 Å². The largest absolute Gasteiger partial charge is 0.357 e. The molecule has 0 bridgehead atoms. The Bertz CT molecular complexity index is 1280. The molecule has 0 amide bonds. The van der Waals surface area contributed by atoms with E-state index >= 15 is 0 Å². The Hall–Kier alpha value is -2.49. The number of aromatic amines is 1. The number of aromatic nitrogens is 3. The van der Waals surface area contributed by atoms with E-state index in [4.69, 9.17) is 0 Å². The van der Waals surface area contributed by atoms with Gasteiger partial charge in [0.05, 0.1) is 11.7 Å². The van der Waals surface area contributed by atoms with E-state index in [1.165, 1.54) is 11.3 Å². The molecule has 0 saturated carbocycles. The Labute approximate surface area is 160 Å². The molecule has 0 saturated heterocycles. The average Bonchev–Trinajstić information content (AvgIpc) is 3.24. The van der Waals surface area contributed by atoms with Gasteiger partial charge in [0.15, 0.2) is 0 Å². The molecule has 0 radical (unpaired) electrons. The summed E-state index contributed by atoms with van der Waals surface area (Å²) in [6.07, 6.45) is 0.950. The molecule has 2 aromatic heterocycles. The fourth-order valence-corrected chi connectivity index (χ4v) is 5.46. The number of sulfonamides is 1. The number of nitrogens with one attached hydrogen (secondary N) is 2. The van der Waals surface area contributed by atoms with Crippen LogP contribution in [-0.4, -0.2) is 40.6 Å². The summed E-state index contributed by atoms with van der Waals surface area (Å²) < 4.78 is 36.8. The number of hydrogen-bond donors (Lipinski definition) is 2. The Kier molecular flexibility index (Phi) is 3.71. The fourth-order valence-electron chi connectivity index (χ4n) is 3.65. The maximum atomic E-state index is 12.9. The highest BCUT2D eigenvalue weighted by Gasteiger charge is 2.22. The number of anilines is 1. The lowest BCUT2D eigenvalue weighted by molar-refractivity contribution is 0.310. The third-order valence-electron chi connectivity index (χ3n) is 4.96. The van der Waals surface area contributed by atoms with Crippen molar-refractivity contribution >= 4 is 49.4 Å². The van der Waals surface area contributed by atoms with E-state index in [1.54, 1.807) is 24.3 Å². The van der Waals surface area contributed by atoms with E-state index in [1.807, 2.05) is 12.1 Å². The van der Waals surface area contributed by atoms with Gasteiger partial charge in [-0.25, -0.2) is 8.42 Å². The minimum atomic E-state index is -3.76. The van der Waals surface area contributed by atoms with Crippen LogP contribution in [0.3, 0.4) is 0 Å². The molecule has 0 atom stereocenters. The van der Waals surface area contributed by atoms with E-state index in [0.29, 0.717) is 16.7 Å². The Morgan fingerprint density at radius 2 is 2.11 bits per heavy atom. The summed E-state index contributed by atoms with van der Waals surface area (Å²) in [6.45, 7) is 1.87. The van der Waals surface area contributed by atoms with Crippen molar-refractivity contribution in [3.8, 4) is 0 Å². The van der Waals surface area contributed by atoms with Crippen LogP contribution in [0.2, 0.25) is 0 Å². The smallest absolute Gasteiger partial charge is 0.264 e. The van der Waals surface area contributed by atoms with Gasteiger partial charge in [-0.1, -0.05) is 6.07 Å². The molecular weight excluding hydrogens is 382 g/mol. The summed E-state index contributed by atoms with van der Waals surface area (Å²) in [5, 5.41) is 1.08. The molecule has 5 rings (SSSR count). The molecule has 7 nitrogen and oxygen atoms in total. The van der Waals surface area contributed by atoms with Crippen LogP contribution in [0.1, 0.15) is 11.3 Å². The van der Waals surface area contributed by atoms with E-state index in [2.05, 4.69) is 30.4 Å². The number of likely N-dealkylation sites (N-methyl/N-ethyl adjacent to an activating group) is 1. The molecule has 2 aromatic carbocycles. The summed E-state index contributed by atoms with van der Waals surface area (Å²) in [4.78, 5) is 5.87. The Balaban J connectivity index is 1.55. The van der Waals surface area contributed by atoms with Gasteiger partial charge in [0, 0.05) is 35.4 Å². The monoisotopic (exact) mass is 399 g/mol. The molecule has 27 heavy (non-hydrogen) atoms. The normalized spacial score (nSPS) is 15.3. The second kappa shape index (κ2) is 6.01. The molecule has 0 unspecified atom stereocenters. The van der Waals surface area contributed by atoms with Crippen molar-refractivity contribution in [3.05, 3.63) is 47.7 Å². The van der Waals surface area contributed by atoms with Crippen molar-refractivity contribution in [1.29, 1.82) is 0 Å². The SMILES string of the molecule is CN1CCc2c([nH]c3ccc(NS(=O)(=O)c4cccc5nsnc45)cc23)C1. The molecule has 4 aromatic rings. The summed E-state index contributed by atoms with van der Waals surface area (Å²) >= 11 is 1.01. The van der Waals surface area contributed by atoms with Crippen LogP contribution in [0.25, 0.3) is 21.9 Å². The lowest BCUT2D eigenvalue weighted by Crippen LogP contribution is -2.26. The van der Waals surface area contributed by atoms with Gasteiger partial charge in [-0.2, -0.15) is 8.75 Å². The van der Waals surface area contributed by atoms with E-state index < -0.39 is 10.0 Å². The molecule has 2 N–H and O–H groups in total.